The van der Waals surface area contributed by atoms with Crippen molar-refractivity contribution < 1.29 is 4.79 Å². The Bertz CT molecular complexity index is 570. The highest BCUT2D eigenvalue weighted by Gasteiger charge is 2.24. The van der Waals surface area contributed by atoms with Crippen LogP contribution in [0.2, 0.25) is 0 Å². The van der Waals surface area contributed by atoms with Crippen LogP contribution in [-0.2, 0) is 4.79 Å². The smallest absolute Gasteiger partial charge is 0.249 e. The third-order valence-electron chi connectivity index (χ3n) is 4.10. The lowest BCUT2D eigenvalue weighted by Gasteiger charge is -2.20. The van der Waals surface area contributed by atoms with Crippen molar-refractivity contribution in [1.82, 2.24) is 25.5 Å². The van der Waals surface area contributed by atoms with E-state index in [0.29, 0.717) is 12.5 Å². The summed E-state index contributed by atoms with van der Waals surface area (Å²) in [5.41, 5.74) is 0.874. The van der Waals surface area contributed by atoms with Gasteiger partial charge in [0.05, 0.1) is 0 Å². The molecule has 0 unspecified atom stereocenters. The Labute approximate surface area is 137 Å². The van der Waals surface area contributed by atoms with Gasteiger partial charge >= 0.3 is 0 Å². The normalized spacial score (nSPS) is 13.5. The minimum absolute atomic E-state index is 0.0709. The number of nitrogens with zero attached hydrogens (tertiary/aromatic N) is 4. The number of carbonyl (C=O) groups excluding carboxylic acids is 1. The molecule has 0 aliphatic rings. The number of hydrogen-bond acceptors (Lipinski definition) is 4. The second kappa shape index (κ2) is 9.02. The van der Waals surface area contributed by atoms with E-state index in [-0.39, 0.29) is 5.91 Å². The Kier molecular flexibility index (Phi) is 6.72. The van der Waals surface area contributed by atoms with Crippen molar-refractivity contribution in [2.24, 2.45) is 5.92 Å². The first-order chi connectivity index (χ1) is 11.3. The molecule has 124 valence electrons. The first-order valence-corrected chi connectivity index (χ1v) is 8.31. The van der Waals surface area contributed by atoms with Gasteiger partial charge in [0.15, 0.2) is 6.04 Å². The van der Waals surface area contributed by atoms with E-state index in [1.807, 2.05) is 30.3 Å². The van der Waals surface area contributed by atoms with Crippen molar-refractivity contribution in [3.63, 3.8) is 0 Å². The summed E-state index contributed by atoms with van der Waals surface area (Å²) in [4.78, 5) is 12.7. The zero-order chi connectivity index (χ0) is 16.5. The number of amides is 1. The molecular weight excluding hydrogens is 290 g/mol. The molecule has 6 nitrogen and oxygen atoms in total. The van der Waals surface area contributed by atoms with Crippen LogP contribution in [0.15, 0.2) is 36.7 Å². The van der Waals surface area contributed by atoms with Crippen molar-refractivity contribution in [3.8, 4) is 0 Å². The van der Waals surface area contributed by atoms with Gasteiger partial charge in [-0.1, -0.05) is 63.4 Å². The number of hydrogen-bond donors (Lipinski definition) is 1. The average molecular weight is 315 g/mol. The number of benzene rings is 1. The molecule has 0 aliphatic carbocycles. The predicted octanol–water partition coefficient (Wildman–Crippen LogP) is 2.60. The summed E-state index contributed by atoms with van der Waals surface area (Å²) in [6.07, 6.45) is 6.08. The van der Waals surface area contributed by atoms with Crippen LogP contribution < -0.4 is 5.32 Å². The molecule has 2 aromatic rings. The van der Waals surface area contributed by atoms with Gasteiger partial charge < -0.3 is 5.32 Å². The molecule has 6 heteroatoms. The summed E-state index contributed by atoms with van der Waals surface area (Å²) >= 11 is 0. The van der Waals surface area contributed by atoms with E-state index in [4.69, 9.17) is 0 Å². The monoisotopic (exact) mass is 315 g/mol. The first-order valence-electron chi connectivity index (χ1n) is 8.31. The third-order valence-corrected chi connectivity index (χ3v) is 4.10. The maximum absolute atomic E-state index is 12.7. The molecule has 1 N–H and O–H groups in total. The van der Waals surface area contributed by atoms with Gasteiger partial charge in [-0.3, -0.25) is 4.79 Å². The Balaban J connectivity index is 2.06. The van der Waals surface area contributed by atoms with E-state index in [0.717, 1.165) is 18.4 Å². The number of rotatable bonds is 9. The topological polar surface area (TPSA) is 72.7 Å². The SMILES string of the molecule is CCCC[C@@H](CC)CNC(=O)[C@@H](c1ccccc1)n1cnnn1. The largest absolute Gasteiger partial charge is 0.354 e. The van der Waals surface area contributed by atoms with Gasteiger partial charge in [-0.2, -0.15) is 0 Å². The molecule has 23 heavy (non-hydrogen) atoms. The number of aromatic nitrogens is 4. The van der Waals surface area contributed by atoms with Gasteiger partial charge in [0, 0.05) is 6.54 Å². The molecular formula is C17H25N5O. The molecule has 1 amide bonds. The van der Waals surface area contributed by atoms with E-state index >= 15 is 0 Å². The van der Waals surface area contributed by atoms with Crippen molar-refractivity contribution in [1.29, 1.82) is 0 Å². The Morgan fingerprint density at radius 3 is 2.65 bits per heavy atom. The lowest BCUT2D eigenvalue weighted by atomic mass is 9.99. The minimum atomic E-state index is -0.533. The van der Waals surface area contributed by atoms with Gasteiger partial charge in [-0.25, -0.2) is 4.68 Å². The number of nitrogens with one attached hydrogen (secondary N) is 1. The number of carbonyl (C=O) groups is 1. The van der Waals surface area contributed by atoms with Gasteiger partial charge in [-0.05, 0) is 28.3 Å². The molecule has 1 aromatic carbocycles. The quantitative estimate of drug-likeness (QED) is 0.772. The van der Waals surface area contributed by atoms with E-state index in [2.05, 4.69) is 34.7 Å². The fourth-order valence-electron chi connectivity index (χ4n) is 2.63. The van der Waals surface area contributed by atoms with Gasteiger partial charge in [0.1, 0.15) is 6.33 Å². The van der Waals surface area contributed by atoms with E-state index in [9.17, 15) is 4.79 Å². The second-order valence-corrected chi connectivity index (χ2v) is 5.76. The summed E-state index contributed by atoms with van der Waals surface area (Å²) in [7, 11) is 0. The summed E-state index contributed by atoms with van der Waals surface area (Å²) in [5, 5.41) is 14.3. The van der Waals surface area contributed by atoms with Crippen LogP contribution in [0.25, 0.3) is 0 Å². The summed E-state index contributed by atoms with van der Waals surface area (Å²) in [6, 6.07) is 9.05. The summed E-state index contributed by atoms with van der Waals surface area (Å²) in [6.45, 7) is 5.05. The molecule has 0 spiro atoms. The molecule has 0 fully saturated rings. The fourth-order valence-corrected chi connectivity index (χ4v) is 2.63. The predicted molar refractivity (Wildman–Crippen MR) is 88.7 cm³/mol. The molecule has 0 radical (unpaired) electrons. The average Bonchev–Trinajstić information content (AvgIpc) is 3.10. The van der Waals surface area contributed by atoms with Crippen molar-refractivity contribution in [3.05, 3.63) is 42.2 Å². The van der Waals surface area contributed by atoms with Crippen molar-refractivity contribution in [2.45, 2.75) is 45.6 Å². The number of tetrazole rings is 1. The van der Waals surface area contributed by atoms with Crippen LogP contribution in [0.1, 0.15) is 51.1 Å². The Morgan fingerprint density at radius 2 is 2.04 bits per heavy atom. The highest BCUT2D eigenvalue weighted by Crippen LogP contribution is 2.17. The van der Waals surface area contributed by atoms with Crippen molar-refractivity contribution in [2.75, 3.05) is 6.54 Å². The maximum atomic E-state index is 12.7. The van der Waals surface area contributed by atoms with Crippen LogP contribution in [0.5, 0.6) is 0 Å². The molecule has 0 saturated heterocycles. The Hall–Kier alpha value is -2.24. The van der Waals surface area contributed by atoms with Gasteiger partial charge in [-0.15, -0.1) is 5.10 Å². The lowest BCUT2D eigenvalue weighted by Crippen LogP contribution is -2.36. The zero-order valence-electron chi connectivity index (χ0n) is 13.9. The van der Waals surface area contributed by atoms with Crippen molar-refractivity contribution >= 4 is 5.91 Å². The molecule has 1 aromatic heterocycles. The van der Waals surface area contributed by atoms with Gasteiger partial charge in [0.25, 0.3) is 0 Å². The van der Waals surface area contributed by atoms with Crippen LogP contribution in [0, 0.1) is 5.92 Å². The fraction of sp³-hybridized carbons (Fsp3) is 0.529. The lowest BCUT2D eigenvalue weighted by molar-refractivity contribution is -0.123. The standard InChI is InChI=1S/C17H25N5O/c1-3-5-9-14(4-2)12-18-17(23)16(22-13-19-20-21-22)15-10-7-6-8-11-15/h6-8,10-11,13-14,16H,3-5,9,12H2,1-2H3,(H,18,23)/t14-,16-/m1/s1. The summed E-state index contributed by atoms with van der Waals surface area (Å²) in [5.74, 6) is 0.447. The first kappa shape index (κ1) is 17.1. The van der Waals surface area contributed by atoms with Crippen LogP contribution >= 0.6 is 0 Å². The second-order valence-electron chi connectivity index (χ2n) is 5.76. The van der Waals surface area contributed by atoms with E-state index in [1.165, 1.54) is 23.9 Å². The molecule has 2 atom stereocenters. The summed E-state index contributed by atoms with van der Waals surface area (Å²) < 4.78 is 1.50. The van der Waals surface area contributed by atoms with Gasteiger partial charge in [0.2, 0.25) is 5.91 Å². The van der Waals surface area contributed by atoms with Crippen LogP contribution in [0.4, 0.5) is 0 Å². The van der Waals surface area contributed by atoms with E-state index < -0.39 is 6.04 Å². The van der Waals surface area contributed by atoms with Crippen LogP contribution in [-0.4, -0.2) is 32.7 Å². The highest BCUT2D eigenvalue weighted by atomic mass is 16.2. The Morgan fingerprint density at radius 1 is 1.26 bits per heavy atom. The zero-order valence-corrected chi connectivity index (χ0v) is 13.9. The van der Waals surface area contributed by atoms with E-state index in [1.54, 1.807) is 0 Å². The third kappa shape index (κ3) is 4.87. The highest BCUT2D eigenvalue weighted by molar-refractivity contribution is 5.83. The molecule has 1 heterocycles. The molecule has 0 aliphatic heterocycles. The molecule has 2 rings (SSSR count). The molecule has 0 saturated carbocycles. The van der Waals surface area contributed by atoms with Crippen LogP contribution in [0.3, 0.4) is 0 Å². The number of unbranched alkanes of at least 4 members (excludes halogenated alkanes) is 1. The molecule has 0 bridgehead atoms. The minimum Gasteiger partial charge on any atom is -0.354 e. The maximum Gasteiger partial charge on any atom is 0.249 e.